The number of para-hydroxylation sites is 5. The number of ether oxygens (including phenoxy) is 2. The maximum atomic E-state index is 7.22. The quantitative estimate of drug-likeness (QED) is 0.165. The fourth-order valence-electron chi connectivity index (χ4n) is 13.4. The maximum absolute atomic E-state index is 7.22. The van der Waals surface area contributed by atoms with Crippen LogP contribution in [0.2, 0.25) is 0 Å². The third-order valence-corrected chi connectivity index (χ3v) is 16.7. The van der Waals surface area contributed by atoms with E-state index in [0.717, 1.165) is 68.4 Å². The molecule has 1 aliphatic carbocycles. The Bertz CT molecular complexity index is 3850. The van der Waals surface area contributed by atoms with Crippen molar-refractivity contribution in [1.82, 2.24) is 0 Å². The van der Waals surface area contributed by atoms with Crippen molar-refractivity contribution < 1.29 is 13.9 Å². The van der Waals surface area contributed by atoms with Crippen LogP contribution in [-0.2, 0) is 16.2 Å². The molecular weight excluding hydrogens is 856 g/mol. The molecule has 5 heterocycles. The van der Waals surface area contributed by atoms with Gasteiger partial charge in [-0.1, -0.05) is 161 Å². The van der Waals surface area contributed by atoms with Gasteiger partial charge in [-0.15, -0.1) is 0 Å². The van der Waals surface area contributed by atoms with Crippen LogP contribution < -0.4 is 30.1 Å². The molecule has 0 unspecified atom stereocenters. The lowest BCUT2D eigenvalue weighted by atomic mass is 9.42. The van der Waals surface area contributed by atoms with Crippen molar-refractivity contribution in [3.8, 4) is 34.1 Å². The summed E-state index contributed by atoms with van der Waals surface area (Å²) in [5.41, 5.74) is 20.5. The predicted octanol–water partition coefficient (Wildman–Crippen LogP) is 15.5. The highest BCUT2D eigenvalue weighted by atomic mass is 16.6. The third kappa shape index (κ3) is 5.13. The smallest absolute Gasteiger partial charge is 0.333 e. The van der Waals surface area contributed by atoms with E-state index in [1.165, 1.54) is 55.8 Å². The van der Waals surface area contributed by atoms with Crippen molar-refractivity contribution in [2.24, 2.45) is 0 Å². The number of furan rings is 1. The zero-order valence-electron chi connectivity index (χ0n) is 39.9. The minimum Gasteiger partial charge on any atom is -0.455 e. The molecule has 6 heteroatoms. The monoisotopic (exact) mass is 904 g/mol. The number of aryl methyl sites for hydroxylation is 1. The molecule has 0 saturated carbocycles. The van der Waals surface area contributed by atoms with Gasteiger partial charge in [-0.2, -0.15) is 0 Å². The highest BCUT2D eigenvalue weighted by Gasteiger charge is 2.55. The SMILES string of the molecule is Cc1cc2c(cc1N1c3cc4c(cc3B3c5c1cc1c(oc6ccccc61)c5-c1cccc5c1N3c1ccccc1C5(c1ccccc1)c1ccccc1)Oc1ccccc1O4)C(C)(C)CCC2(C)C. The first-order valence-electron chi connectivity index (χ1n) is 24.8. The summed E-state index contributed by atoms with van der Waals surface area (Å²) in [5, 5.41) is 2.20. The minimum absolute atomic E-state index is 0.00797. The van der Waals surface area contributed by atoms with Crippen molar-refractivity contribution in [2.75, 3.05) is 9.71 Å². The molecule has 0 bridgehead atoms. The molecule has 15 rings (SSSR count). The van der Waals surface area contributed by atoms with Crippen LogP contribution in [-0.4, -0.2) is 6.85 Å². The molecule has 70 heavy (non-hydrogen) atoms. The molecule has 9 aromatic carbocycles. The second kappa shape index (κ2) is 13.9. The molecule has 0 radical (unpaired) electrons. The number of benzene rings is 9. The topological polar surface area (TPSA) is 38.1 Å². The van der Waals surface area contributed by atoms with Crippen molar-refractivity contribution in [1.29, 1.82) is 0 Å². The number of hydrogen-bond acceptors (Lipinski definition) is 5. The standard InChI is InChI=1S/C64H49BN2O3/c1-38-33-46-47(63(4,5)32-31-62(46,2)3)35-50(38)66-51-37-57-56(68-54-29-16-17-30-55(54)69-57)36-48(51)65-59-52(66)34-43-41-23-12-15-28-53(41)70-61(43)58(59)42-24-18-26-45-60(42)67(65)49-27-14-13-25-44(49)64(45,39-19-8-6-9-20-39)40-21-10-7-11-22-40/h6-30,33-37H,31-32H2,1-5H3. The van der Waals surface area contributed by atoms with Gasteiger partial charge in [-0.25, -0.2) is 0 Å². The Labute approximate surface area is 408 Å². The van der Waals surface area contributed by atoms with E-state index in [4.69, 9.17) is 13.9 Å². The van der Waals surface area contributed by atoms with Gasteiger partial charge in [0.05, 0.1) is 5.41 Å². The lowest BCUT2D eigenvalue weighted by Gasteiger charge is -2.53. The number of nitrogens with zero attached hydrogens (tertiary/aromatic N) is 2. The number of hydrogen-bond donors (Lipinski definition) is 0. The second-order valence-electron chi connectivity index (χ2n) is 21.4. The molecule has 4 aliphatic heterocycles. The van der Waals surface area contributed by atoms with Crippen molar-refractivity contribution in [2.45, 2.75) is 63.7 Å². The van der Waals surface area contributed by atoms with Gasteiger partial charge < -0.3 is 23.6 Å². The van der Waals surface area contributed by atoms with E-state index in [0.29, 0.717) is 23.0 Å². The number of rotatable bonds is 3. The normalized spacial score (nSPS) is 16.7. The van der Waals surface area contributed by atoms with Gasteiger partial charge in [0.1, 0.15) is 11.2 Å². The van der Waals surface area contributed by atoms with Crippen LogP contribution in [0, 0.1) is 6.92 Å². The van der Waals surface area contributed by atoms with E-state index in [1.807, 2.05) is 24.3 Å². The van der Waals surface area contributed by atoms with Crippen LogP contribution in [0.15, 0.2) is 186 Å². The van der Waals surface area contributed by atoms with Crippen LogP contribution in [0.4, 0.5) is 28.4 Å². The summed E-state index contributed by atoms with van der Waals surface area (Å²) in [6.45, 7) is 11.7. The van der Waals surface area contributed by atoms with Gasteiger partial charge in [0.25, 0.3) is 0 Å². The number of anilines is 5. The molecule has 5 aliphatic rings. The summed E-state index contributed by atoms with van der Waals surface area (Å²) in [6, 6.07) is 66.9. The Morgan fingerprint density at radius 1 is 0.486 bits per heavy atom. The van der Waals surface area contributed by atoms with E-state index < -0.39 is 5.41 Å². The first kappa shape index (κ1) is 40.0. The Morgan fingerprint density at radius 3 is 1.83 bits per heavy atom. The van der Waals surface area contributed by atoms with E-state index >= 15 is 0 Å². The first-order chi connectivity index (χ1) is 34.1. The molecule has 10 aromatic rings. The Morgan fingerprint density at radius 2 is 1.10 bits per heavy atom. The lowest BCUT2D eigenvalue weighted by Crippen LogP contribution is -2.63. The summed E-state index contributed by atoms with van der Waals surface area (Å²) < 4.78 is 21.0. The largest absolute Gasteiger partial charge is 0.455 e. The van der Waals surface area contributed by atoms with E-state index in [-0.39, 0.29) is 17.7 Å². The summed E-state index contributed by atoms with van der Waals surface area (Å²) >= 11 is 0. The van der Waals surface area contributed by atoms with Crippen molar-refractivity contribution >= 4 is 68.1 Å². The van der Waals surface area contributed by atoms with Gasteiger partial charge in [0.2, 0.25) is 0 Å². The second-order valence-corrected chi connectivity index (χ2v) is 21.4. The van der Waals surface area contributed by atoms with Gasteiger partial charge in [-0.05, 0) is 123 Å². The van der Waals surface area contributed by atoms with Crippen LogP contribution in [0.3, 0.4) is 0 Å². The van der Waals surface area contributed by atoms with Crippen LogP contribution in [0.1, 0.15) is 79.5 Å². The Kier molecular flexibility index (Phi) is 7.91. The molecule has 0 fully saturated rings. The molecular formula is C64H49BN2O3. The van der Waals surface area contributed by atoms with E-state index in [2.05, 4.69) is 202 Å². The summed E-state index contributed by atoms with van der Waals surface area (Å²) in [4.78, 5) is 5.22. The fourth-order valence-corrected chi connectivity index (χ4v) is 13.4. The average molecular weight is 905 g/mol. The van der Waals surface area contributed by atoms with Crippen LogP contribution >= 0.6 is 0 Å². The predicted molar refractivity (Wildman–Crippen MR) is 286 cm³/mol. The summed E-state index contributed by atoms with van der Waals surface area (Å²) in [6.07, 6.45) is 2.27. The number of fused-ring (bicyclic) bond motifs is 13. The van der Waals surface area contributed by atoms with Crippen LogP contribution in [0.5, 0.6) is 23.0 Å². The van der Waals surface area contributed by atoms with Crippen LogP contribution in [0.25, 0.3) is 33.1 Å². The molecule has 336 valence electrons. The third-order valence-electron chi connectivity index (χ3n) is 16.7. The molecule has 0 N–H and O–H groups in total. The highest BCUT2D eigenvalue weighted by Crippen LogP contribution is 2.62. The first-order valence-corrected chi connectivity index (χ1v) is 24.8. The molecule has 0 amide bonds. The Balaban J connectivity index is 1.12. The summed E-state index contributed by atoms with van der Waals surface area (Å²) in [5.74, 6) is 2.81. The van der Waals surface area contributed by atoms with Gasteiger partial charge in [0.15, 0.2) is 23.0 Å². The van der Waals surface area contributed by atoms with Gasteiger partial charge >= 0.3 is 6.85 Å². The minimum atomic E-state index is -0.649. The zero-order chi connectivity index (χ0) is 46.8. The molecule has 5 nitrogen and oxygen atoms in total. The molecule has 1 aromatic heterocycles. The summed E-state index contributed by atoms with van der Waals surface area (Å²) in [7, 11) is 0. The van der Waals surface area contributed by atoms with Crippen molar-refractivity contribution in [3.05, 3.63) is 221 Å². The Hall–Kier alpha value is -7.96. The van der Waals surface area contributed by atoms with Gasteiger partial charge in [-0.3, -0.25) is 0 Å². The van der Waals surface area contributed by atoms with E-state index in [1.54, 1.807) is 0 Å². The molecule has 0 atom stereocenters. The van der Waals surface area contributed by atoms with Crippen molar-refractivity contribution in [3.63, 3.8) is 0 Å². The average Bonchev–Trinajstić information content (AvgIpc) is 3.76. The highest BCUT2D eigenvalue weighted by molar-refractivity contribution is 6.94. The molecule has 0 spiro atoms. The van der Waals surface area contributed by atoms with E-state index in [9.17, 15) is 0 Å². The molecule has 0 saturated heterocycles. The fraction of sp³-hybridized carbons (Fsp3) is 0.156. The maximum Gasteiger partial charge on any atom is 0.333 e. The van der Waals surface area contributed by atoms with Gasteiger partial charge in [0, 0.05) is 56.4 Å². The zero-order valence-corrected chi connectivity index (χ0v) is 39.9. The lowest BCUT2D eigenvalue weighted by molar-refractivity contribution is 0.332.